The Morgan fingerprint density at radius 2 is 2.06 bits per heavy atom. The highest BCUT2D eigenvalue weighted by atomic mass is 35.5. The zero-order valence-electron chi connectivity index (χ0n) is 10.4. The van der Waals surface area contributed by atoms with Crippen molar-refractivity contribution < 1.29 is 0 Å². The summed E-state index contributed by atoms with van der Waals surface area (Å²) in [5.74, 6) is 0.797. The highest BCUT2D eigenvalue weighted by Crippen LogP contribution is 2.21. The van der Waals surface area contributed by atoms with Gasteiger partial charge in [-0.15, -0.1) is 11.3 Å². The van der Waals surface area contributed by atoms with Crippen molar-refractivity contribution in [3.63, 3.8) is 0 Å². The number of halogens is 1. The summed E-state index contributed by atoms with van der Waals surface area (Å²) in [6.07, 6.45) is 5.23. The standard InChI is InChI=1S/C12H15ClN4S/c1-3-8-5-14-10(18-8)6-15-12-9(4-2)11(13)16-7-17-12/h5,7H,3-4,6H2,1-2H3,(H,15,16,17). The van der Waals surface area contributed by atoms with E-state index in [0.29, 0.717) is 11.7 Å². The number of aromatic nitrogens is 3. The maximum atomic E-state index is 6.03. The lowest BCUT2D eigenvalue weighted by Crippen LogP contribution is -2.05. The predicted octanol–water partition coefficient (Wildman–Crippen LogP) is 3.32. The van der Waals surface area contributed by atoms with E-state index in [1.807, 2.05) is 13.1 Å². The highest BCUT2D eigenvalue weighted by Gasteiger charge is 2.08. The van der Waals surface area contributed by atoms with Crippen LogP contribution in [0.2, 0.25) is 5.15 Å². The van der Waals surface area contributed by atoms with Crippen LogP contribution in [0.4, 0.5) is 5.82 Å². The maximum Gasteiger partial charge on any atom is 0.137 e. The molecule has 1 N–H and O–H groups in total. The molecule has 0 atom stereocenters. The molecular weight excluding hydrogens is 268 g/mol. The van der Waals surface area contributed by atoms with Gasteiger partial charge in [0.1, 0.15) is 22.3 Å². The summed E-state index contributed by atoms with van der Waals surface area (Å²) in [5.41, 5.74) is 0.950. The summed E-state index contributed by atoms with van der Waals surface area (Å²) in [7, 11) is 0. The Hall–Kier alpha value is -1.20. The number of aryl methyl sites for hydroxylation is 1. The van der Waals surface area contributed by atoms with Crippen LogP contribution in [-0.2, 0) is 19.4 Å². The van der Waals surface area contributed by atoms with Gasteiger partial charge in [0.15, 0.2) is 0 Å². The van der Waals surface area contributed by atoms with Crippen molar-refractivity contribution in [2.24, 2.45) is 0 Å². The molecule has 2 aromatic heterocycles. The normalized spacial score (nSPS) is 10.6. The predicted molar refractivity (Wildman–Crippen MR) is 75.2 cm³/mol. The third-order valence-corrected chi connectivity index (χ3v) is 4.07. The summed E-state index contributed by atoms with van der Waals surface area (Å²) in [6, 6.07) is 0. The summed E-state index contributed by atoms with van der Waals surface area (Å²) in [6.45, 7) is 4.84. The number of thiazole rings is 1. The summed E-state index contributed by atoms with van der Waals surface area (Å²) in [5, 5.41) is 4.85. The first kappa shape index (κ1) is 13.2. The molecular formula is C12H15ClN4S. The smallest absolute Gasteiger partial charge is 0.137 e. The molecule has 0 radical (unpaired) electrons. The van der Waals surface area contributed by atoms with E-state index >= 15 is 0 Å². The zero-order chi connectivity index (χ0) is 13.0. The monoisotopic (exact) mass is 282 g/mol. The van der Waals surface area contributed by atoms with Gasteiger partial charge in [-0.3, -0.25) is 0 Å². The second-order valence-corrected chi connectivity index (χ2v) is 5.33. The Bertz CT molecular complexity index is 527. The summed E-state index contributed by atoms with van der Waals surface area (Å²) in [4.78, 5) is 13.9. The fourth-order valence-corrected chi connectivity index (χ4v) is 2.68. The molecule has 0 aliphatic carbocycles. The van der Waals surface area contributed by atoms with Crippen LogP contribution in [0.1, 0.15) is 29.3 Å². The molecule has 0 saturated carbocycles. The molecule has 0 aliphatic rings. The Balaban J connectivity index is 2.08. The molecule has 2 aromatic rings. The van der Waals surface area contributed by atoms with Crippen LogP contribution in [0.15, 0.2) is 12.5 Å². The fraction of sp³-hybridized carbons (Fsp3) is 0.417. The molecule has 0 aromatic carbocycles. The molecule has 0 amide bonds. The third-order valence-electron chi connectivity index (χ3n) is 2.60. The van der Waals surface area contributed by atoms with E-state index in [0.717, 1.165) is 29.2 Å². The van der Waals surface area contributed by atoms with Crippen molar-refractivity contribution >= 4 is 28.8 Å². The van der Waals surface area contributed by atoms with E-state index in [4.69, 9.17) is 11.6 Å². The third kappa shape index (κ3) is 2.97. The van der Waals surface area contributed by atoms with Crippen LogP contribution in [0.25, 0.3) is 0 Å². The topological polar surface area (TPSA) is 50.7 Å². The number of hydrogen-bond acceptors (Lipinski definition) is 5. The maximum absolute atomic E-state index is 6.03. The number of rotatable bonds is 5. The first-order chi connectivity index (χ1) is 8.74. The van der Waals surface area contributed by atoms with Crippen LogP contribution < -0.4 is 5.32 Å². The average molecular weight is 283 g/mol. The van der Waals surface area contributed by atoms with Crippen LogP contribution in [0.5, 0.6) is 0 Å². The average Bonchev–Trinajstić information content (AvgIpc) is 2.84. The largest absolute Gasteiger partial charge is 0.363 e. The minimum absolute atomic E-state index is 0.517. The van der Waals surface area contributed by atoms with Gasteiger partial charge in [0.25, 0.3) is 0 Å². The van der Waals surface area contributed by atoms with Crippen molar-refractivity contribution in [1.82, 2.24) is 15.0 Å². The number of hydrogen-bond donors (Lipinski definition) is 1. The van der Waals surface area contributed by atoms with Crippen molar-refractivity contribution in [3.05, 3.63) is 33.1 Å². The molecule has 2 heterocycles. The highest BCUT2D eigenvalue weighted by molar-refractivity contribution is 7.11. The molecule has 0 saturated heterocycles. The first-order valence-corrected chi connectivity index (χ1v) is 7.10. The van der Waals surface area contributed by atoms with Crippen molar-refractivity contribution in [2.45, 2.75) is 33.2 Å². The van der Waals surface area contributed by atoms with E-state index in [1.54, 1.807) is 11.3 Å². The van der Waals surface area contributed by atoms with Crippen LogP contribution in [0, 0.1) is 0 Å². The lowest BCUT2D eigenvalue weighted by Gasteiger charge is -2.08. The first-order valence-electron chi connectivity index (χ1n) is 5.91. The SMILES string of the molecule is CCc1cnc(CNc2ncnc(Cl)c2CC)s1. The van der Waals surface area contributed by atoms with Crippen molar-refractivity contribution in [3.8, 4) is 0 Å². The lowest BCUT2D eigenvalue weighted by molar-refractivity contribution is 1.00. The van der Waals surface area contributed by atoms with Gasteiger partial charge in [0.05, 0.1) is 6.54 Å². The van der Waals surface area contributed by atoms with Gasteiger partial charge in [-0.25, -0.2) is 15.0 Å². The van der Waals surface area contributed by atoms with Crippen LogP contribution >= 0.6 is 22.9 Å². The van der Waals surface area contributed by atoms with Gasteiger partial charge in [-0.05, 0) is 12.8 Å². The van der Waals surface area contributed by atoms with Crippen molar-refractivity contribution in [2.75, 3.05) is 5.32 Å². The van der Waals surface area contributed by atoms with Gasteiger partial charge in [-0.1, -0.05) is 25.4 Å². The summed E-state index contributed by atoms with van der Waals surface area (Å²) >= 11 is 7.75. The van der Waals surface area contributed by atoms with E-state index in [-0.39, 0.29) is 0 Å². The van der Waals surface area contributed by atoms with Gasteiger partial charge >= 0.3 is 0 Å². The van der Waals surface area contributed by atoms with Gasteiger partial charge in [0.2, 0.25) is 0 Å². The Morgan fingerprint density at radius 3 is 2.72 bits per heavy atom. The molecule has 0 aliphatic heterocycles. The zero-order valence-corrected chi connectivity index (χ0v) is 12.0. The van der Waals surface area contributed by atoms with E-state index in [1.165, 1.54) is 11.2 Å². The van der Waals surface area contributed by atoms with Crippen LogP contribution in [-0.4, -0.2) is 15.0 Å². The number of nitrogens with one attached hydrogen (secondary N) is 1. The quantitative estimate of drug-likeness (QED) is 0.855. The Kier molecular flexibility index (Phi) is 4.49. The molecule has 0 unspecified atom stereocenters. The van der Waals surface area contributed by atoms with E-state index in [2.05, 4.69) is 27.2 Å². The second-order valence-electron chi connectivity index (χ2n) is 3.77. The number of nitrogens with zero attached hydrogens (tertiary/aromatic N) is 3. The molecule has 2 rings (SSSR count). The van der Waals surface area contributed by atoms with Crippen LogP contribution in [0.3, 0.4) is 0 Å². The minimum Gasteiger partial charge on any atom is -0.363 e. The summed E-state index contributed by atoms with van der Waals surface area (Å²) < 4.78 is 0. The van der Waals surface area contributed by atoms with Gasteiger partial charge in [-0.2, -0.15) is 0 Å². The molecule has 0 bridgehead atoms. The Morgan fingerprint density at radius 1 is 1.22 bits per heavy atom. The van der Waals surface area contributed by atoms with Gasteiger partial charge < -0.3 is 5.32 Å². The van der Waals surface area contributed by atoms with E-state index < -0.39 is 0 Å². The van der Waals surface area contributed by atoms with Crippen molar-refractivity contribution in [1.29, 1.82) is 0 Å². The molecule has 0 fully saturated rings. The molecule has 96 valence electrons. The molecule has 4 nitrogen and oxygen atoms in total. The second kappa shape index (κ2) is 6.11. The molecule has 6 heteroatoms. The fourth-order valence-electron chi connectivity index (χ4n) is 1.61. The molecule has 0 spiro atoms. The Labute approximate surface area is 115 Å². The number of anilines is 1. The minimum atomic E-state index is 0.517. The van der Waals surface area contributed by atoms with Gasteiger partial charge in [0, 0.05) is 16.6 Å². The lowest BCUT2D eigenvalue weighted by atomic mass is 10.2. The van der Waals surface area contributed by atoms with E-state index in [9.17, 15) is 0 Å². The molecule has 18 heavy (non-hydrogen) atoms.